The fourth-order valence-corrected chi connectivity index (χ4v) is 2.76. The van der Waals surface area contributed by atoms with Crippen LogP contribution in [0.5, 0.6) is 0 Å². The molecule has 2 atom stereocenters. The van der Waals surface area contributed by atoms with Crippen LogP contribution in [0.3, 0.4) is 0 Å². The summed E-state index contributed by atoms with van der Waals surface area (Å²) in [6.07, 6.45) is 2.01. The molecule has 13 heteroatoms. The van der Waals surface area contributed by atoms with Gasteiger partial charge in [-0.15, -0.1) is 0 Å². The third-order valence-corrected chi connectivity index (χ3v) is 4.56. The number of nitrogens with one attached hydrogen (secondary N) is 3. The largest absolute Gasteiger partial charge is 0.481 e. The Kier molecular flexibility index (Phi) is 11.9. The molecule has 0 bridgehead atoms. The van der Waals surface area contributed by atoms with Crippen molar-refractivity contribution in [2.45, 2.75) is 37.8 Å². The maximum atomic E-state index is 12.5. The lowest BCUT2D eigenvalue weighted by Gasteiger charge is -2.19. The first-order valence-electron chi connectivity index (χ1n) is 10.4. The number of aldehydes is 1. The number of rotatable bonds is 15. The van der Waals surface area contributed by atoms with Crippen LogP contribution in [-0.2, 0) is 28.8 Å². The zero-order valence-electron chi connectivity index (χ0n) is 18.6. The van der Waals surface area contributed by atoms with Gasteiger partial charge in [0.05, 0.1) is 6.54 Å². The molecule has 0 saturated carbocycles. The van der Waals surface area contributed by atoms with E-state index in [0.29, 0.717) is 11.8 Å². The molecule has 1 aromatic carbocycles. The standard InChI is InChI=1S/C22H26N4O9/c23-20(33)15(7-9-18(29)30)25-17(28)12-24-22(35)16(8-10-19(31)32)26-21(34)14-5-3-13(4-6-14)2-1-11-27/h1-6,11,15-16H,7-10,12H2,(H2,23,33)(H,24,35)(H,25,28)(H,26,34)(H,29,30)(H,31,32)/b2-1+/t15-,16-/m0/s1. The molecule has 0 aliphatic rings. The number of hydrogen-bond acceptors (Lipinski definition) is 7. The van der Waals surface area contributed by atoms with Crippen molar-refractivity contribution in [3.8, 4) is 0 Å². The molecule has 0 aliphatic carbocycles. The van der Waals surface area contributed by atoms with Gasteiger partial charge in [-0.2, -0.15) is 0 Å². The van der Waals surface area contributed by atoms with Gasteiger partial charge in [-0.05, 0) is 36.6 Å². The summed E-state index contributed by atoms with van der Waals surface area (Å²) < 4.78 is 0. The van der Waals surface area contributed by atoms with Crippen molar-refractivity contribution in [3.05, 3.63) is 41.5 Å². The van der Waals surface area contributed by atoms with Gasteiger partial charge in [0, 0.05) is 18.4 Å². The molecule has 0 fully saturated rings. The lowest BCUT2D eigenvalue weighted by molar-refractivity contribution is -0.138. The Bertz CT molecular complexity index is 989. The van der Waals surface area contributed by atoms with Crippen LogP contribution >= 0.6 is 0 Å². The van der Waals surface area contributed by atoms with E-state index in [1.54, 1.807) is 12.1 Å². The summed E-state index contributed by atoms with van der Waals surface area (Å²) in [5.41, 5.74) is 5.95. The summed E-state index contributed by atoms with van der Waals surface area (Å²) in [6, 6.07) is 3.46. The molecule has 0 aromatic heterocycles. The van der Waals surface area contributed by atoms with Crippen molar-refractivity contribution in [2.75, 3.05) is 6.54 Å². The Balaban J connectivity index is 2.77. The minimum Gasteiger partial charge on any atom is -0.481 e. The zero-order valence-corrected chi connectivity index (χ0v) is 18.6. The predicted molar refractivity (Wildman–Crippen MR) is 121 cm³/mol. The van der Waals surface area contributed by atoms with Crippen LogP contribution < -0.4 is 21.7 Å². The van der Waals surface area contributed by atoms with Gasteiger partial charge in [-0.25, -0.2) is 0 Å². The minimum atomic E-state index is -1.29. The minimum absolute atomic E-state index is 0.168. The van der Waals surface area contributed by atoms with E-state index < -0.39 is 67.0 Å². The molecular weight excluding hydrogens is 464 g/mol. The molecule has 1 aromatic rings. The van der Waals surface area contributed by atoms with Gasteiger partial charge in [-0.3, -0.25) is 33.6 Å². The van der Waals surface area contributed by atoms with Gasteiger partial charge in [0.25, 0.3) is 5.91 Å². The van der Waals surface area contributed by atoms with Crippen molar-refractivity contribution in [2.24, 2.45) is 5.73 Å². The maximum Gasteiger partial charge on any atom is 0.303 e. The van der Waals surface area contributed by atoms with Gasteiger partial charge in [-0.1, -0.05) is 18.2 Å². The number of carboxylic acids is 2. The van der Waals surface area contributed by atoms with Crippen molar-refractivity contribution >= 4 is 47.9 Å². The number of benzene rings is 1. The lowest BCUT2D eigenvalue weighted by Crippen LogP contribution is -2.51. The molecule has 0 heterocycles. The molecule has 0 radical (unpaired) electrons. The van der Waals surface area contributed by atoms with E-state index in [2.05, 4.69) is 16.0 Å². The summed E-state index contributed by atoms with van der Waals surface area (Å²) in [7, 11) is 0. The molecule has 0 aliphatic heterocycles. The Labute approximate surface area is 199 Å². The fraction of sp³-hybridized carbons (Fsp3) is 0.318. The maximum absolute atomic E-state index is 12.5. The fourth-order valence-electron chi connectivity index (χ4n) is 2.76. The van der Waals surface area contributed by atoms with Crippen LogP contribution in [0.2, 0.25) is 0 Å². The monoisotopic (exact) mass is 490 g/mol. The predicted octanol–water partition coefficient (Wildman–Crippen LogP) is -1.19. The van der Waals surface area contributed by atoms with Gasteiger partial charge < -0.3 is 31.9 Å². The van der Waals surface area contributed by atoms with Crippen LogP contribution in [0.15, 0.2) is 30.3 Å². The first-order valence-corrected chi connectivity index (χ1v) is 10.4. The first-order chi connectivity index (χ1) is 16.5. The summed E-state index contributed by atoms with van der Waals surface area (Å²) in [5.74, 6) is -5.71. The zero-order chi connectivity index (χ0) is 26.4. The molecule has 13 nitrogen and oxygen atoms in total. The van der Waals surface area contributed by atoms with E-state index in [9.17, 15) is 33.6 Å². The van der Waals surface area contributed by atoms with E-state index >= 15 is 0 Å². The summed E-state index contributed by atoms with van der Waals surface area (Å²) >= 11 is 0. The number of carbonyl (C=O) groups excluding carboxylic acids is 5. The average Bonchev–Trinajstić information content (AvgIpc) is 2.81. The number of carboxylic acid groups (broad SMARTS) is 2. The number of allylic oxidation sites excluding steroid dienone is 1. The van der Waals surface area contributed by atoms with Crippen LogP contribution in [0.1, 0.15) is 41.6 Å². The van der Waals surface area contributed by atoms with Crippen molar-refractivity contribution < 1.29 is 43.8 Å². The number of aliphatic carboxylic acids is 2. The lowest BCUT2D eigenvalue weighted by atomic mass is 10.1. The van der Waals surface area contributed by atoms with Gasteiger partial charge >= 0.3 is 11.9 Å². The van der Waals surface area contributed by atoms with Crippen molar-refractivity contribution in [1.29, 1.82) is 0 Å². The van der Waals surface area contributed by atoms with E-state index in [0.717, 1.165) is 0 Å². The molecule has 4 amide bonds. The highest BCUT2D eigenvalue weighted by Crippen LogP contribution is 2.08. The summed E-state index contributed by atoms with van der Waals surface area (Å²) in [4.78, 5) is 80.5. The Morgan fingerprint density at radius 3 is 1.97 bits per heavy atom. The SMILES string of the molecule is NC(=O)[C@H](CCC(=O)O)NC(=O)CNC(=O)[C@H](CCC(=O)O)NC(=O)c1ccc(/C=C/C=O)cc1. The second-order valence-corrected chi connectivity index (χ2v) is 7.25. The van der Waals surface area contributed by atoms with Crippen LogP contribution in [0, 0.1) is 0 Å². The molecular formula is C22H26N4O9. The highest BCUT2D eigenvalue weighted by atomic mass is 16.4. The van der Waals surface area contributed by atoms with E-state index in [1.165, 1.54) is 24.3 Å². The molecule has 1 rings (SSSR count). The quantitative estimate of drug-likeness (QED) is 0.128. The third kappa shape index (κ3) is 11.2. The van der Waals surface area contributed by atoms with E-state index in [4.69, 9.17) is 15.9 Å². The molecule has 188 valence electrons. The van der Waals surface area contributed by atoms with E-state index in [-0.39, 0.29) is 18.4 Å². The highest BCUT2D eigenvalue weighted by molar-refractivity contribution is 5.98. The van der Waals surface area contributed by atoms with Crippen LogP contribution in [-0.4, -0.2) is 70.7 Å². The number of carbonyl (C=O) groups is 7. The highest BCUT2D eigenvalue weighted by Gasteiger charge is 2.24. The van der Waals surface area contributed by atoms with E-state index in [1.807, 2.05) is 0 Å². The van der Waals surface area contributed by atoms with Gasteiger partial charge in [0.15, 0.2) is 0 Å². The number of hydrogen-bond donors (Lipinski definition) is 6. The molecule has 0 saturated heterocycles. The first kappa shape index (κ1) is 28.5. The second-order valence-electron chi connectivity index (χ2n) is 7.25. The van der Waals surface area contributed by atoms with Crippen LogP contribution in [0.25, 0.3) is 6.08 Å². The summed E-state index contributed by atoms with van der Waals surface area (Å²) in [6.45, 7) is -0.632. The average molecular weight is 490 g/mol. The second kappa shape index (κ2) is 14.6. The Morgan fingerprint density at radius 2 is 1.46 bits per heavy atom. The number of amides is 4. The Morgan fingerprint density at radius 1 is 0.886 bits per heavy atom. The Hall–Kier alpha value is -4.55. The summed E-state index contributed by atoms with van der Waals surface area (Å²) in [5, 5.41) is 24.5. The van der Waals surface area contributed by atoms with Crippen molar-refractivity contribution in [3.63, 3.8) is 0 Å². The topological polar surface area (TPSA) is 222 Å². The molecule has 7 N–H and O–H groups in total. The van der Waals surface area contributed by atoms with Gasteiger partial charge in [0.1, 0.15) is 18.4 Å². The van der Waals surface area contributed by atoms with Crippen LogP contribution in [0.4, 0.5) is 0 Å². The molecule has 0 unspecified atom stereocenters. The number of nitrogens with two attached hydrogens (primary N) is 1. The van der Waals surface area contributed by atoms with Crippen molar-refractivity contribution in [1.82, 2.24) is 16.0 Å². The number of primary amides is 1. The molecule has 0 spiro atoms. The molecule has 35 heavy (non-hydrogen) atoms. The smallest absolute Gasteiger partial charge is 0.303 e. The normalized spacial score (nSPS) is 12.2. The van der Waals surface area contributed by atoms with Gasteiger partial charge in [0.2, 0.25) is 17.7 Å². The third-order valence-electron chi connectivity index (χ3n) is 4.56.